The van der Waals surface area contributed by atoms with Crippen molar-refractivity contribution in [3.05, 3.63) is 65.2 Å². The van der Waals surface area contributed by atoms with Crippen molar-refractivity contribution in [2.45, 2.75) is 19.8 Å². The van der Waals surface area contributed by atoms with E-state index in [0.29, 0.717) is 12.5 Å². The molecule has 0 aromatic heterocycles. The smallest absolute Gasteiger partial charge is 0.343 e. The van der Waals surface area contributed by atoms with E-state index in [0.717, 1.165) is 6.07 Å². The molecule has 0 aliphatic rings. The Balaban J connectivity index is 2.37. The van der Waals surface area contributed by atoms with Crippen molar-refractivity contribution < 1.29 is 23.1 Å². The molecule has 0 heterocycles. The maximum Gasteiger partial charge on any atom is 0.343 e. The number of benzene rings is 2. The highest BCUT2D eigenvalue weighted by atomic mass is 19.1. The van der Waals surface area contributed by atoms with Crippen molar-refractivity contribution in [2.24, 2.45) is 0 Å². The zero-order valence-corrected chi connectivity index (χ0v) is 11.9. The Labute approximate surface area is 126 Å². The fraction of sp³-hybridized carbons (Fsp3) is 0.176. The molecule has 5 heteroatoms. The second-order valence-electron chi connectivity index (χ2n) is 4.69. The Hall–Kier alpha value is -2.56. The van der Waals surface area contributed by atoms with Gasteiger partial charge in [0.25, 0.3) is 0 Å². The van der Waals surface area contributed by atoms with Crippen molar-refractivity contribution in [2.75, 3.05) is 0 Å². The van der Waals surface area contributed by atoms with Gasteiger partial charge < -0.3 is 4.74 Å². The Morgan fingerprint density at radius 3 is 2.41 bits per heavy atom. The predicted octanol–water partition coefficient (Wildman–Crippen LogP) is 4.17. The summed E-state index contributed by atoms with van der Waals surface area (Å²) < 4.78 is 32.2. The van der Waals surface area contributed by atoms with Gasteiger partial charge in [0.2, 0.25) is 0 Å². The Bertz CT molecular complexity index is 697. The van der Waals surface area contributed by atoms with Crippen molar-refractivity contribution in [1.82, 2.24) is 0 Å². The van der Waals surface area contributed by atoms with E-state index in [2.05, 4.69) is 0 Å². The molecule has 2 aromatic rings. The lowest BCUT2D eigenvalue weighted by atomic mass is 10.1. The van der Waals surface area contributed by atoms with Crippen LogP contribution in [0, 0.1) is 11.6 Å². The molecule has 0 saturated heterocycles. The number of rotatable bonds is 5. The van der Waals surface area contributed by atoms with Crippen molar-refractivity contribution in [3.8, 4) is 5.75 Å². The summed E-state index contributed by atoms with van der Waals surface area (Å²) in [6, 6.07) is 9.42. The van der Waals surface area contributed by atoms with E-state index in [1.807, 2.05) is 0 Å². The van der Waals surface area contributed by atoms with Gasteiger partial charge in [-0.25, -0.2) is 13.6 Å². The van der Waals surface area contributed by atoms with Gasteiger partial charge >= 0.3 is 5.97 Å². The van der Waals surface area contributed by atoms with Gasteiger partial charge in [0.1, 0.15) is 5.82 Å². The van der Waals surface area contributed by atoms with Crippen LogP contribution in [0.1, 0.15) is 40.5 Å². The van der Waals surface area contributed by atoms with Gasteiger partial charge in [-0.1, -0.05) is 25.1 Å². The first-order valence-electron chi connectivity index (χ1n) is 6.82. The minimum absolute atomic E-state index is 0.110. The molecule has 0 amide bonds. The molecule has 0 bridgehead atoms. The molecular formula is C17H14F2O3. The quantitative estimate of drug-likeness (QED) is 0.473. The number of ketones is 1. The van der Waals surface area contributed by atoms with E-state index >= 15 is 0 Å². The number of ether oxygens (including phenoxy) is 1. The number of carbonyl (C=O) groups is 2. The van der Waals surface area contributed by atoms with Gasteiger partial charge in [-0.3, -0.25) is 4.79 Å². The van der Waals surface area contributed by atoms with Crippen LogP contribution < -0.4 is 4.74 Å². The summed E-state index contributed by atoms with van der Waals surface area (Å²) in [7, 11) is 0. The molecule has 2 aromatic carbocycles. The van der Waals surface area contributed by atoms with Gasteiger partial charge in [-0.05, 0) is 24.6 Å². The largest absolute Gasteiger partial charge is 0.419 e. The van der Waals surface area contributed by atoms with E-state index < -0.39 is 29.1 Å². The fourth-order valence-electron chi connectivity index (χ4n) is 1.96. The zero-order chi connectivity index (χ0) is 16.1. The molecule has 22 heavy (non-hydrogen) atoms. The summed E-state index contributed by atoms with van der Waals surface area (Å²) in [6.07, 6.45) is 0.627. The predicted molar refractivity (Wildman–Crippen MR) is 77.0 cm³/mol. The van der Waals surface area contributed by atoms with Crippen LogP contribution in [0.15, 0.2) is 42.5 Å². The summed E-state index contributed by atoms with van der Waals surface area (Å²) in [6.45, 7) is 1.77. The molecule has 0 unspecified atom stereocenters. The second-order valence-corrected chi connectivity index (χ2v) is 4.69. The standard InChI is InChI=1S/C17H14F2O3/c1-2-6-15(20)13-9-12(18)10-14(19)16(13)22-17(21)11-7-4-3-5-8-11/h3-5,7-10H,2,6H2,1H3. The molecule has 0 spiro atoms. The number of carbonyl (C=O) groups excluding carboxylic acids is 2. The second kappa shape index (κ2) is 6.93. The molecule has 0 radical (unpaired) electrons. The molecule has 0 aliphatic heterocycles. The van der Waals surface area contributed by atoms with Crippen molar-refractivity contribution in [1.29, 1.82) is 0 Å². The number of esters is 1. The van der Waals surface area contributed by atoms with Crippen LogP contribution in [0.3, 0.4) is 0 Å². The summed E-state index contributed by atoms with van der Waals surface area (Å²) in [5.41, 5.74) is -0.0521. The van der Waals surface area contributed by atoms with E-state index in [4.69, 9.17) is 4.74 Å². The average molecular weight is 304 g/mol. The third kappa shape index (κ3) is 3.55. The normalized spacial score (nSPS) is 10.3. The minimum atomic E-state index is -1.08. The average Bonchev–Trinajstić information content (AvgIpc) is 2.50. The SMILES string of the molecule is CCCC(=O)c1cc(F)cc(F)c1OC(=O)c1ccccc1. The highest BCUT2D eigenvalue weighted by molar-refractivity contribution is 6.00. The lowest BCUT2D eigenvalue weighted by molar-refractivity contribution is 0.0725. The van der Waals surface area contributed by atoms with Crippen LogP contribution in [0.5, 0.6) is 5.75 Å². The van der Waals surface area contributed by atoms with Gasteiger partial charge in [0.05, 0.1) is 11.1 Å². The van der Waals surface area contributed by atoms with Crippen LogP contribution in [0.25, 0.3) is 0 Å². The molecule has 0 atom stereocenters. The first kappa shape index (κ1) is 15.8. The van der Waals surface area contributed by atoms with E-state index in [1.165, 1.54) is 12.1 Å². The van der Waals surface area contributed by atoms with E-state index in [9.17, 15) is 18.4 Å². The highest BCUT2D eigenvalue weighted by Gasteiger charge is 2.21. The fourth-order valence-corrected chi connectivity index (χ4v) is 1.96. The molecule has 0 saturated carbocycles. The maximum atomic E-state index is 13.9. The van der Waals surface area contributed by atoms with E-state index in [-0.39, 0.29) is 17.5 Å². The maximum absolute atomic E-state index is 13.9. The van der Waals surface area contributed by atoms with Crippen LogP contribution in [0.4, 0.5) is 8.78 Å². The van der Waals surface area contributed by atoms with Crippen LogP contribution in [-0.2, 0) is 0 Å². The number of hydrogen-bond acceptors (Lipinski definition) is 3. The molecule has 114 valence electrons. The van der Waals surface area contributed by atoms with Crippen LogP contribution >= 0.6 is 0 Å². The lowest BCUT2D eigenvalue weighted by Crippen LogP contribution is -2.13. The van der Waals surface area contributed by atoms with Crippen molar-refractivity contribution in [3.63, 3.8) is 0 Å². The zero-order valence-electron chi connectivity index (χ0n) is 11.9. The molecule has 0 aliphatic carbocycles. The summed E-state index contributed by atoms with van der Waals surface area (Å²) in [5, 5.41) is 0. The first-order valence-corrected chi connectivity index (χ1v) is 6.82. The minimum Gasteiger partial charge on any atom is -0.419 e. The van der Waals surface area contributed by atoms with Crippen LogP contribution in [0.2, 0.25) is 0 Å². The van der Waals surface area contributed by atoms with Gasteiger partial charge in [-0.15, -0.1) is 0 Å². The molecule has 0 fully saturated rings. The van der Waals surface area contributed by atoms with Gasteiger partial charge in [0.15, 0.2) is 17.3 Å². The molecule has 2 rings (SSSR count). The molecular weight excluding hydrogens is 290 g/mol. The Kier molecular flexibility index (Phi) is 4.99. The number of hydrogen-bond donors (Lipinski definition) is 0. The molecule has 0 N–H and O–H groups in total. The number of halogens is 2. The van der Waals surface area contributed by atoms with Crippen LogP contribution in [-0.4, -0.2) is 11.8 Å². The third-order valence-corrected chi connectivity index (χ3v) is 2.99. The Morgan fingerprint density at radius 2 is 1.77 bits per heavy atom. The van der Waals surface area contributed by atoms with Gasteiger partial charge in [0, 0.05) is 12.5 Å². The summed E-state index contributed by atoms with van der Waals surface area (Å²) in [4.78, 5) is 24.0. The summed E-state index contributed by atoms with van der Waals surface area (Å²) in [5.74, 6) is -3.79. The van der Waals surface area contributed by atoms with Gasteiger partial charge in [-0.2, -0.15) is 0 Å². The molecule has 3 nitrogen and oxygen atoms in total. The topological polar surface area (TPSA) is 43.4 Å². The van der Waals surface area contributed by atoms with E-state index in [1.54, 1.807) is 25.1 Å². The lowest BCUT2D eigenvalue weighted by Gasteiger charge is -2.10. The first-order chi connectivity index (χ1) is 10.5. The number of Topliss-reactive ketones (excluding diaryl/α,β-unsaturated/α-hetero) is 1. The summed E-state index contributed by atoms with van der Waals surface area (Å²) >= 11 is 0. The monoisotopic (exact) mass is 304 g/mol. The highest BCUT2D eigenvalue weighted by Crippen LogP contribution is 2.27. The van der Waals surface area contributed by atoms with Crippen molar-refractivity contribution >= 4 is 11.8 Å². The Morgan fingerprint density at radius 1 is 1.09 bits per heavy atom. The third-order valence-electron chi connectivity index (χ3n) is 2.99.